The van der Waals surface area contributed by atoms with Gasteiger partial charge in [0.05, 0.1) is 20.8 Å². The summed E-state index contributed by atoms with van der Waals surface area (Å²) in [6, 6.07) is 12.3. The second-order valence-electron chi connectivity index (χ2n) is 6.89. The molecule has 0 atom stereocenters. The number of benzene rings is 2. The molecule has 0 aliphatic heterocycles. The maximum absolute atomic E-state index is 13.3. The molecule has 0 unspecified atom stereocenters. The maximum Gasteiger partial charge on any atom is 0.193 e. The van der Waals surface area contributed by atoms with Crippen LogP contribution in [0.1, 0.15) is 31.2 Å². The van der Waals surface area contributed by atoms with Crippen molar-refractivity contribution in [2.24, 2.45) is 10.7 Å². The molecule has 1 saturated carbocycles. The van der Waals surface area contributed by atoms with Crippen molar-refractivity contribution < 1.29 is 13.9 Å². The van der Waals surface area contributed by atoms with E-state index in [1.807, 2.05) is 30.3 Å². The second kappa shape index (κ2) is 9.95. The molecule has 0 spiro atoms. The van der Waals surface area contributed by atoms with Gasteiger partial charge in [0, 0.05) is 17.2 Å². The second-order valence-corrected chi connectivity index (χ2v) is 6.89. The van der Waals surface area contributed by atoms with E-state index in [4.69, 9.17) is 15.2 Å². The molecule has 0 amide bonds. The van der Waals surface area contributed by atoms with Crippen LogP contribution in [-0.4, -0.2) is 26.7 Å². The highest BCUT2D eigenvalue weighted by Crippen LogP contribution is 2.41. The Morgan fingerprint density at radius 1 is 1.07 bits per heavy atom. The number of aliphatic imine (C=N–C) groups is 1. The number of hydrogen-bond acceptors (Lipinski definition) is 3. The van der Waals surface area contributed by atoms with Crippen molar-refractivity contribution in [2.75, 3.05) is 26.1 Å². The number of halogens is 2. The van der Waals surface area contributed by atoms with Crippen LogP contribution in [0.15, 0.2) is 47.5 Å². The van der Waals surface area contributed by atoms with Gasteiger partial charge in [-0.3, -0.25) is 4.99 Å². The number of hydrogen-bond donors (Lipinski definition) is 2. The van der Waals surface area contributed by atoms with Gasteiger partial charge in [0.1, 0.15) is 5.82 Å². The third-order valence-corrected chi connectivity index (χ3v) is 5.23. The van der Waals surface area contributed by atoms with E-state index >= 15 is 0 Å². The highest BCUT2D eigenvalue weighted by molar-refractivity contribution is 14.0. The molecule has 3 N–H and O–H groups in total. The van der Waals surface area contributed by atoms with Crippen molar-refractivity contribution in [3.05, 3.63) is 53.8 Å². The van der Waals surface area contributed by atoms with Gasteiger partial charge in [0.15, 0.2) is 17.5 Å². The Balaban J connectivity index is 0.00000280. The van der Waals surface area contributed by atoms with E-state index in [9.17, 15) is 4.39 Å². The number of ether oxygens (including phenoxy) is 2. The van der Waals surface area contributed by atoms with Gasteiger partial charge in [-0.05, 0) is 42.7 Å². The fourth-order valence-electron chi connectivity index (χ4n) is 3.73. The topological polar surface area (TPSA) is 68.9 Å². The summed E-state index contributed by atoms with van der Waals surface area (Å²) in [5.74, 6) is 1.40. The first-order valence-corrected chi connectivity index (χ1v) is 9.11. The average Bonchev–Trinajstić information content (AvgIpc) is 3.17. The first-order chi connectivity index (χ1) is 13.1. The number of nitrogens with one attached hydrogen (secondary N) is 1. The minimum Gasteiger partial charge on any atom is -0.493 e. The number of methoxy groups -OCH3 is 2. The molecule has 0 radical (unpaired) electrons. The first kappa shape index (κ1) is 22.3. The smallest absolute Gasteiger partial charge is 0.193 e. The van der Waals surface area contributed by atoms with Crippen molar-refractivity contribution in [3.8, 4) is 11.5 Å². The van der Waals surface area contributed by atoms with Crippen molar-refractivity contribution in [3.63, 3.8) is 0 Å². The molecule has 0 bridgehead atoms. The van der Waals surface area contributed by atoms with Gasteiger partial charge in [-0.2, -0.15) is 0 Å². The van der Waals surface area contributed by atoms with Gasteiger partial charge in [-0.15, -0.1) is 24.0 Å². The zero-order chi connectivity index (χ0) is 19.3. The Kier molecular flexibility index (Phi) is 7.91. The molecule has 0 aromatic heterocycles. The van der Waals surface area contributed by atoms with Gasteiger partial charge in [0.2, 0.25) is 0 Å². The van der Waals surface area contributed by atoms with Crippen LogP contribution < -0.4 is 20.5 Å². The molecule has 152 valence electrons. The van der Waals surface area contributed by atoms with Crippen LogP contribution in [0.25, 0.3) is 0 Å². The van der Waals surface area contributed by atoms with E-state index in [-0.39, 0.29) is 35.2 Å². The first-order valence-electron chi connectivity index (χ1n) is 9.11. The molecule has 1 fully saturated rings. The molecule has 0 saturated heterocycles. The summed E-state index contributed by atoms with van der Waals surface area (Å²) < 4.78 is 23.8. The quantitative estimate of drug-likeness (QED) is 0.344. The number of guanidine groups is 1. The SMILES string of the molecule is COc1ccc(NC(N)=NCC2(c3ccc(F)cc3)CCCC2)cc1OC.I. The number of nitrogens with zero attached hydrogens (tertiary/aromatic N) is 1. The van der Waals surface area contributed by atoms with Crippen LogP contribution in [-0.2, 0) is 5.41 Å². The molecule has 2 aromatic rings. The summed E-state index contributed by atoms with van der Waals surface area (Å²) >= 11 is 0. The summed E-state index contributed by atoms with van der Waals surface area (Å²) in [6.07, 6.45) is 4.36. The lowest BCUT2D eigenvalue weighted by atomic mass is 9.79. The van der Waals surface area contributed by atoms with Crippen molar-refractivity contribution in [1.82, 2.24) is 0 Å². The molecule has 3 rings (SSSR count). The highest BCUT2D eigenvalue weighted by Gasteiger charge is 2.35. The Labute approximate surface area is 182 Å². The normalized spacial score (nSPS) is 15.6. The fraction of sp³-hybridized carbons (Fsp3) is 0.381. The molecule has 5 nitrogen and oxygen atoms in total. The number of rotatable bonds is 6. The monoisotopic (exact) mass is 499 g/mol. The largest absolute Gasteiger partial charge is 0.493 e. The Bertz CT molecular complexity index is 806. The Morgan fingerprint density at radius 3 is 2.32 bits per heavy atom. The van der Waals surface area contributed by atoms with E-state index in [2.05, 4.69) is 10.3 Å². The average molecular weight is 499 g/mol. The lowest BCUT2D eigenvalue weighted by Gasteiger charge is -2.28. The van der Waals surface area contributed by atoms with Crippen molar-refractivity contribution in [2.45, 2.75) is 31.1 Å². The fourth-order valence-corrected chi connectivity index (χ4v) is 3.73. The molecule has 7 heteroatoms. The molecule has 1 aliphatic rings. The molecular weight excluding hydrogens is 472 g/mol. The lowest BCUT2D eigenvalue weighted by Crippen LogP contribution is -2.30. The van der Waals surface area contributed by atoms with E-state index in [1.165, 1.54) is 12.1 Å². The van der Waals surface area contributed by atoms with Crippen LogP contribution in [0, 0.1) is 5.82 Å². The summed E-state index contributed by atoms with van der Waals surface area (Å²) in [4.78, 5) is 4.59. The zero-order valence-electron chi connectivity index (χ0n) is 16.2. The standard InChI is InChI=1S/C21H26FN3O2.HI/c1-26-18-10-9-17(13-19(18)27-2)25-20(23)24-14-21(11-3-4-12-21)15-5-7-16(22)8-6-15;/h5-10,13H,3-4,11-12,14H2,1-2H3,(H3,23,24,25);1H. The van der Waals surface area contributed by atoms with Gasteiger partial charge >= 0.3 is 0 Å². The van der Waals surface area contributed by atoms with E-state index in [0.717, 1.165) is 36.9 Å². The molecular formula is C21H27FIN3O2. The van der Waals surface area contributed by atoms with Gasteiger partial charge < -0.3 is 20.5 Å². The summed E-state index contributed by atoms with van der Waals surface area (Å²) in [7, 11) is 3.18. The number of nitrogens with two attached hydrogens (primary N) is 1. The van der Waals surface area contributed by atoms with Gasteiger partial charge in [0.25, 0.3) is 0 Å². The third-order valence-electron chi connectivity index (χ3n) is 5.23. The van der Waals surface area contributed by atoms with E-state index in [1.54, 1.807) is 14.2 Å². The summed E-state index contributed by atoms with van der Waals surface area (Å²) in [5.41, 5.74) is 7.94. The minimum absolute atomic E-state index is 0. The van der Waals surface area contributed by atoms with Crippen LogP contribution in [0.2, 0.25) is 0 Å². The van der Waals surface area contributed by atoms with Crippen LogP contribution >= 0.6 is 24.0 Å². The van der Waals surface area contributed by atoms with Crippen molar-refractivity contribution >= 4 is 35.6 Å². The summed E-state index contributed by atoms with van der Waals surface area (Å²) in [5, 5.41) is 3.10. The molecule has 0 heterocycles. The van der Waals surface area contributed by atoms with Crippen LogP contribution in [0.3, 0.4) is 0 Å². The zero-order valence-corrected chi connectivity index (χ0v) is 18.5. The number of anilines is 1. The Morgan fingerprint density at radius 2 is 1.71 bits per heavy atom. The lowest BCUT2D eigenvalue weighted by molar-refractivity contribution is 0.355. The van der Waals surface area contributed by atoms with Crippen LogP contribution in [0.4, 0.5) is 10.1 Å². The van der Waals surface area contributed by atoms with E-state index < -0.39 is 0 Å². The van der Waals surface area contributed by atoms with Crippen molar-refractivity contribution in [1.29, 1.82) is 0 Å². The Hall–Kier alpha value is -2.03. The van der Waals surface area contributed by atoms with Gasteiger partial charge in [-0.1, -0.05) is 25.0 Å². The van der Waals surface area contributed by atoms with Crippen LogP contribution in [0.5, 0.6) is 11.5 Å². The molecule has 1 aliphatic carbocycles. The molecule has 28 heavy (non-hydrogen) atoms. The highest BCUT2D eigenvalue weighted by atomic mass is 127. The predicted molar refractivity (Wildman–Crippen MR) is 122 cm³/mol. The predicted octanol–water partition coefficient (Wildman–Crippen LogP) is 4.70. The van der Waals surface area contributed by atoms with E-state index in [0.29, 0.717) is 24.0 Å². The minimum atomic E-state index is -0.218. The molecule has 2 aromatic carbocycles. The van der Waals surface area contributed by atoms with Gasteiger partial charge in [-0.25, -0.2) is 4.39 Å². The third kappa shape index (κ3) is 5.06. The summed E-state index contributed by atoms with van der Waals surface area (Å²) in [6.45, 7) is 0.574. The maximum atomic E-state index is 13.3.